The topological polar surface area (TPSA) is 65.6 Å². The summed E-state index contributed by atoms with van der Waals surface area (Å²) in [5.41, 5.74) is 2.88. The number of amides is 2. The summed E-state index contributed by atoms with van der Waals surface area (Å²) in [5, 5.41) is 1.06. The molecule has 0 unspecified atom stereocenters. The van der Waals surface area contributed by atoms with Crippen LogP contribution in [-0.4, -0.2) is 59.4 Å². The Bertz CT molecular complexity index is 1070. The lowest BCUT2D eigenvalue weighted by Gasteiger charge is -2.35. The number of aromatic amines is 1. The molecule has 2 aromatic carbocycles. The van der Waals surface area contributed by atoms with E-state index in [1.807, 2.05) is 35.4 Å². The maximum Gasteiger partial charge on any atom is 0.387 e. The van der Waals surface area contributed by atoms with Crippen molar-refractivity contribution in [3.63, 3.8) is 0 Å². The number of nitrogens with one attached hydrogen (secondary N) is 1. The molecule has 8 heteroatoms. The second-order valence-corrected chi connectivity index (χ2v) is 7.82. The van der Waals surface area contributed by atoms with E-state index in [1.54, 1.807) is 17.0 Å². The molecule has 1 aliphatic heterocycles. The normalized spacial score (nSPS) is 14.2. The van der Waals surface area contributed by atoms with E-state index in [0.717, 1.165) is 22.0 Å². The highest BCUT2D eigenvalue weighted by Gasteiger charge is 2.24. The minimum Gasteiger partial charge on any atom is -0.435 e. The summed E-state index contributed by atoms with van der Waals surface area (Å²) in [6.07, 6.45) is 3.07. The van der Waals surface area contributed by atoms with Gasteiger partial charge in [-0.1, -0.05) is 30.3 Å². The first-order chi connectivity index (χ1) is 15.5. The van der Waals surface area contributed by atoms with Gasteiger partial charge in [-0.3, -0.25) is 9.59 Å². The van der Waals surface area contributed by atoms with Crippen LogP contribution in [-0.2, 0) is 22.4 Å². The van der Waals surface area contributed by atoms with Crippen molar-refractivity contribution in [2.75, 3.05) is 26.2 Å². The van der Waals surface area contributed by atoms with Crippen LogP contribution in [0.5, 0.6) is 5.75 Å². The molecule has 1 aliphatic rings. The monoisotopic (exact) mass is 441 g/mol. The number of aryl methyl sites for hydroxylation is 1. The number of halogens is 2. The highest BCUT2D eigenvalue weighted by molar-refractivity contribution is 5.89. The van der Waals surface area contributed by atoms with Gasteiger partial charge in [-0.2, -0.15) is 8.78 Å². The highest BCUT2D eigenvalue weighted by atomic mass is 19.3. The third-order valence-corrected chi connectivity index (χ3v) is 5.78. The van der Waals surface area contributed by atoms with Crippen LogP contribution in [0.25, 0.3) is 10.9 Å². The second kappa shape index (κ2) is 9.80. The van der Waals surface area contributed by atoms with Crippen LogP contribution in [0.15, 0.2) is 54.7 Å². The number of carbonyl (C=O) groups excluding carboxylic acids is 2. The summed E-state index contributed by atoms with van der Waals surface area (Å²) in [5.74, 6) is 0.193. The minimum absolute atomic E-state index is 0.0293. The molecule has 6 nitrogen and oxygen atoms in total. The van der Waals surface area contributed by atoms with E-state index >= 15 is 0 Å². The minimum atomic E-state index is -2.85. The average Bonchev–Trinajstić information content (AvgIpc) is 3.21. The zero-order valence-electron chi connectivity index (χ0n) is 17.6. The van der Waals surface area contributed by atoms with Gasteiger partial charge in [0.15, 0.2) is 0 Å². The summed E-state index contributed by atoms with van der Waals surface area (Å²) in [7, 11) is 0. The Morgan fingerprint density at radius 1 is 0.938 bits per heavy atom. The van der Waals surface area contributed by atoms with Crippen LogP contribution in [0.3, 0.4) is 0 Å². The van der Waals surface area contributed by atoms with E-state index in [4.69, 9.17) is 0 Å². The lowest BCUT2D eigenvalue weighted by Crippen LogP contribution is -2.51. The predicted molar refractivity (Wildman–Crippen MR) is 117 cm³/mol. The van der Waals surface area contributed by atoms with Crippen molar-refractivity contribution in [3.8, 4) is 5.75 Å². The Hall–Kier alpha value is -3.42. The first kappa shape index (κ1) is 21.8. The van der Waals surface area contributed by atoms with Gasteiger partial charge in [0, 0.05) is 49.7 Å². The maximum absolute atomic E-state index is 12.7. The molecule has 3 aromatic rings. The zero-order valence-corrected chi connectivity index (χ0v) is 17.6. The number of ether oxygens (including phenoxy) is 1. The van der Waals surface area contributed by atoms with Gasteiger partial charge in [0.2, 0.25) is 11.8 Å². The fourth-order valence-corrected chi connectivity index (χ4v) is 4.00. The van der Waals surface area contributed by atoms with Crippen molar-refractivity contribution >= 4 is 22.7 Å². The average molecular weight is 441 g/mol. The van der Waals surface area contributed by atoms with Gasteiger partial charge >= 0.3 is 6.61 Å². The van der Waals surface area contributed by atoms with Gasteiger partial charge in [-0.25, -0.2) is 0 Å². The summed E-state index contributed by atoms with van der Waals surface area (Å²) >= 11 is 0. The largest absolute Gasteiger partial charge is 0.435 e. The molecule has 0 aliphatic carbocycles. The summed E-state index contributed by atoms with van der Waals surface area (Å²) in [6, 6.07) is 14.2. The number of rotatable bonds is 7. The molecule has 0 bridgehead atoms. The van der Waals surface area contributed by atoms with Crippen molar-refractivity contribution in [1.82, 2.24) is 14.8 Å². The SMILES string of the molecule is O=C(CCc1ccc(OC(F)F)cc1)N1CCN(C(=O)Cc2c[nH]c3ccccc23)CC1. The fraction of sp³-hybridized carbons (Fsp3) is 0.333. The molecular formula is C24H25F2N3O3. The Kier molecular flexibility index (Phi) is 6.68. The van der Waals surface area contributed by atoms with Crippen LogP contribution < -0.4 is 4.74 Å². The third kappa shape index (κ3) is 5.25. The van der Waals surface area contributed by atoms with Crippen molar-refractivity contribution in [3.05, 3.63) is 65.9 Å². The Labute approximate surface area is 184 Å². The number of hydrogen-bond acceptors (Lipinski definition) is 3. The molecule has 1 saturated heterocycles. The molecule has 1 N–H and O–H groups in total. The molecular weight excluding hydrogens is 416 g/mol. The quantitative estimate of drug-likeness (QED) is 0.609. The summed E-state index contributed by atoms with van der Waals surface area (Å²) < 4.78 is 28.8. The predicted octanol–water partition coefficient (Wildman–Crippen LogP) is 3.62. The standard InChI is InChI=1S/C24H25F2N3O3/c25-24(26)32-19-8-5-17(6-9-19)7-10-22(30)28-11-13-29(14-12-28)23(31)15-18-16-27-21-4-2-1-3-20(18)21/h1-6,8-9,16,24,27H,7,10-15H2. The number of fused-ring (bicyclic) bond motifs is 1. The van der Waals surface area contributed by atoms with Crippen LogP contribution in [0.4, 0.5) is 8.78 Å². The van der Waals surface area contributed by atoms with Crippen LogP contribution in [0, 0.1) is 0 Å². The van der Waals surface area contributed by atoms with Crippen molar-refractivity contribution in [1.29, 1.82) is 0 Å². The van der Waals surface area contributed by atoms with Gasteiger partial charge in [0.25, 0.3) is 0 Å². The molecule has 1 fully saturated rings. The van der Waals surface area contributed by atoms with E-state index in [9.17, 15) is 18.4 Å². The van der Waals surface area contributed by atoms with E-state index in [2.05, 4.69) is 9.72 Å². The van der Waals surface area contributed by atoms with Gasteiger partial charge < -0.3 is 19.5 Å². The maximum atomic E-state index is 12.7. The second-order valence-electron chi connectivity index (χ2n) is 7.82. The van der Waals surface area contributed by atoms with E-state index < -0.39 is 6.61 Å². The smallest absolute Gasteiger partial charge is 0.387 e. The fourth-order valence-electron chi connectivity index (χ4n) is 4.00. The third-order valence-electron chi connectivity index (χ3n) is 5.78. The number of piperazine rings is 1. The lowest BCUT2D eigenvalue weighted by atomic mass is 10.1. The Balaban J connectivity index is 1.23. The van der Waals surface area contributed by atoms with Gasteiger partial charge in [-0.05, 0) is 35.7 Å². The number of hydrogen-bond donors (Lipinski definition) is 1. The van der Waals surface area contributed by atoms with Crippen molar-refractivity contribution in [2.45, 2.75) is 25.9 Å². The van der Waals surface area contributed by atoms with E-state index in [1.165, 1.54) is 12.1 Å². The van der Waals surface area contributed by atoms with E-state index in [-0.39, 0.29) is 17.6 Å². The number of nitrogens with zero attached hydrogens (tertiary/aromatic N) is 2. The van der Waals surface area contributed by atoms with Gasteiger partial charge in [0.1, 0.15) is 5.75 Å². The number of para-hydroxylation sites is 1. The van der Waals surface area contributed by atoms with Gasteiger partial charge in [-0.15, -0.1) is 0 Å². The lowest BCUT2D eigenvalue weighted by molar-refractivity contribution is -0.139. The van der Waals surface area contributed by atoms with Crippen molar-refractivity contribution in [2.24, 2.45) is 0 Å². The molecule has 0 saturated carbocycles. The van der Waals surface area contributed by atoms with Crippen molar-refractivity contribution < 1.29 is 23.1 Å². The zero-order chi connectivity index (χ0) is 22.5. The van der Waals surface area contributed by atoms with Crippen LogP contribution in [0.1, 0.15) is 17.5 Å². The molecule has 1 aromatic heterocycles. The molecule has 2 heterocycles. The van der Waals surface area contributed by atoms with Crippen LogP contribution >= 0.6 is 0 Å². The molecule has 168 valence electrons. The number of H-pyrrole nitrogens is 1. The molecule has 0 atom stereocenters. The number of aromatic nitrogens is 1. The Morgan fingerprint density at radius 3 is 2.28 bits per heavy atom. The molecule has 0 spiro atoms. The molecule has 0 radical (unpaired) electrons. The Morgan fingerprint density at radius 2 is 1.59 bits per heavy atom. The van der Waals surface area contributed by atoms with Crippen LogP contribution in [0.2, 0.25) is 0 Å². The summed E-state index contributed by atoms with van der Waals surface area (Å²) in [4.78, 5) is 32.1. The number of carbonyl (C=O) groups is 2. The first-order valence-electron chi connectivity index (χ1n) is 10.6. The highest BCUT2D eigenvalue weighted by Crippen LogP contribution is 2.20. The van der Waals surface area contributed by atoms with E-state index in [0.29, 0.717) is 45.4 Å². The number of alkyl halides is 2. The molecule has 32 heavy (non-hydrogen) atoms. The number of benzene rings is 2. The van der Waals surface area contributed by atoms with Gasteiger partial charge in [0.05, 0.1) is 6.42 Å². The first-order valence-corrected chi connectivity index (χ1v) is 10.6. The molecule has 4 rings (SSSR count). The molecule has 2 amide bonds. The summed E-state index contributed by atoms with van der Waals surface area (Å²) in [6.45, 7) is -0.784.